The molecule has 6 nitrogen and oxygen atoms in total. The number of carbonyl (C=O) groups excluding carboxylic acids is 2. The summed E-state index contributed by atoms with van der Waals surface area (Å²) in [6.45, 7) is 4.70. The number of amides is 2. The van der Waals surface area contributed by atoms with Gasteiger partial charge in [0.1, 0.15) is 0 Å². The van der Waals surface area contributed by atoms with E-state index in [4.69, 9.17) is 4.74 Å². The predicted octanol–water partition coefficient (Wildman–Crippen LogP) is -0.307. The molecule has 0 aromatic carbocycles. The standard InChI is InChI=1S/C14H25N3O3/c1-16(9-10-20-11-12-3-4-12)13(18)14(19)17-7-2-5-15-6-8-17/h12,15H,2-11H2,1H3. The van der Waals surface area contributed by atoms with Crippen LogP contribution in [0.1, 0.15) is 19.3 Å². The van der Waals surface area contributed by atoms with Gasteiger partial charge in [-0.1, -0.05) is 0 Å². The zero-order valence-corrected chi connectivity index (χ0v) is 12.3. The highest BCUT2D eigenvalue weighted by atomic mass is 16.5. The maximum atomic E-state index is 12.1. The quantitative estimate of drug-likeness (QED) is 0.555. The van der Waals surface area contributed by atoms with Crippen LogP contribution >= 0.6 is 0 Å². The van der Waals surface area contributed by atoms with Crippen molar-refractivity contribution in [1.82, 2.24) is 15.1 Å². The SMILES string of the molecule is CN(CCOCC1CC1)C(=O)C(=O)N1CCCNCC1. The number of hydrogen-bond donors (Lipinski definition) is 1. The Morgan fingerprint density at radius 3 is 2.85 bits per heavy atom. The average molecular weight is 283 g/mol. The molecule has 0 atom stereocenters. The molecule has 0 radical (unpaired) electrons. The fourth-order valence-corrected chi connectivity index (χ4v) is 2.18. The minimum atomic E-state index is -0.429. The van der Waals surface area contributed by atoms with E-state index in [0.29, 0.717) is 26.2 Å². The third-order valence-electron chi connectivity index (χ3n) is 3.78. The summed E-state index contributed by atoms with van der Waals surface area (Å²) >= 11 is 0. The zero-order chi connectivity index (χ0) is 14.4. The van der Waals surface area contributed by atoms with Crippen molar-refractivity contribution in [3.05, 3.63) is 0 Å². The third-order valence-corrected chi connectivity index (χ3v) is 3.78. The molecule has 1 heterocycles. The van der Waals surface area contributed by atoms with Gasteiger partial charge in [-0.05, 0) is 31.7 Å². The number of nitrogens with one attached hydrogen (secondary N) is 1. The molecule has 1 aliphatic carbocycles. The summed E-state index contributed by atoms with van der Waals surface area (Å²) < 4.78 is 5.49. The molecular formula is C14H25N3O3. The van der Waals surface area contributed by atoms with Gasteiger partial charge in [-0.15, -0.1) is 0 Å². The second-order valence-electron chi connectivity index (χ2n) is 5.64. The van der Waals surface area contributed by atoms with Crippen molar-refractivity contribution in [3.8, 4) is 0 Å². The molecule has 2 fully saturated rings. The van der Waals surface area contributed by atoms with Crippen molar-refractivity contribution in [2.45, 2.75) is 19.3 Å². The molecule has 1 aliphatic heterocycles. The third kappa shape index (κ3) is 4.76. The molecule has 0 unspecified atom stereocenters. The maximum Gasteiger partial charge on any atom is 0.312 e. The largest absolute Gasteiger partial charge is 0.379 e. The smallest absolute Gasteiger partial charge is 0.312 e. The van der Waals surface area contributed by atoms with Crippen LogP contribution in [0, 0.1) is 5.92 Å². The van der Waals surface area contributed by atoms with E-state index < -0.39 is 11.8 Å². The first-order chi connectivity index (χ1) is 9.68. The zero-order valence-electron chi connectivity index (χ0n) is 12.3. The van der Waals surface area contributed by atoms with E-state index >= 15 is 0 Å². The van der Waals surface area contributed by atoms with Crippen LogP contribution < -0.4 is 5.32 Å². The fraction of sp³-hybridized carbons (Fsp3) is 0.857. The first-order valence-corrected chi connectivity index (χ1v) is 7.51. The number of nitrogens with zero attached hydrogens (tertiary/aromatic N) is 2. The summed E-state index contributed by atoms with van der Waals surface area (Å²) in [6.07, 6.45) is 3.42. The predicted molar refractivity (Wildman–Crippen MR) is 75.2 cm³/mol. The number of ether oxygens (including phenoxy) is 1. The van der Waals surface area contributed by atoms with Gasteiger partial charge in [-0.3, -0.25) is 9.59 Å². The molecule has 2 rings (SSSR count). The highest BCUT2D eigenvalue weighted by Gasteiger charge is 2.25. The van der Waals surface area contributed by atoms with Gasteiger partial charge in [0.05, 0.1) is 6.61 Å². The Bertz CT molecular complexity index is 337. The summed E-state index contributed by atoms with van der Waals surface area (Å²) in [7, 11) is 1.66. The lowest BCUT2D eigenvalue weighted by Gasteiger charge is -2.23. The van der Waals surface area contributed by atoms with E-state index in [2.05, 4.69) is 5.32 Å². The Kier molecular flexibility index (Phi) is 5.79. The summed E-state index contributed by atoms with van der Waals surface area (Å²) in [5.41, 5.74) is 0. The highest BCUT2D eigenvalue weighted by molar-refractivity contribution is 6.34. The Labute approximate surface area is 120 Å². The molecule has 0 bridgehead atoms. The van der Waals surface area contributed by atoms with Crippen LogP contribution in [0.25, 0.3) is 0 Å². The van der Waals surface area contributed by atoms with Crippen LogP contribution in [0.15, 0.2) is 0 Å². The summed E-state index contributed by atoms with van der Waals surface area (Å²) in [4.78, 5) is 27.3. The lowest BCUT2D eigenvalue weighted by molar-refractivity contribution is -0.151. The lowest BCUT2D eigenvalue weighted by Crippen LogP contribution is -2.45. The van der Waals surface area contributed by atoms with E-state index in [-0.39, 0.29) is 0 Å². The van der Waals surface area contributed by atoms with Gasteiger partial charge in [0.2, 0.25) is 0 Å². The summed E-state index contributed by atoms with van der Waals surface area (Å²) in [5.74, 6) is -0.0949. The van der Waals surface area contributed by atoms with Crippen molar-refractivity contribution < 1.29 is 14.3 Å². The topological polar surface area (TPSA) is 61.9 Å². The molecule has 1 N–H and O–H groups in total. The van der Waals surface area contributed by atoms with E-state index in [0.717, 1.165) is 32.0 Å². The van der Waals surface area contributed by atoms with Crippen molar-refractivity contribution >= 4 is 11.8 Å². The minimum absolute atomic E-state index is 0.390. The molecule has 0 aromatic rings. The molecule has 1 saturated heterocycles. The monoisotopic (exact) mass is 283 g/mol. The van der Waals surface area contributed by atoms with E-state index in [9.17, 15) is 9.59 Å². The van der Waals surface area contributed by atoms with Gasteiger partial charge in [0, 0.05) is 39.8 Å². The van der Waals surface area contributed by atoms with Crippen molar-refractivity contribution in [1.29, 1.82) is 0 Å². The van der Waals surface area contributed by atoms with Gasteiger partial charge in [-0.2, -0.15) is 0 Å². The maximum absolute atomic E-state index is 12.1. The van der Waals surface area contributed by atoms with E-state index in [1.54, 1.807) is 11.9 Å². The molecule has 6 heteroatoms. The van der Waals surface area contributed by atoms with Gasteiger partial charge in [0.25, 0.3) is 0 Å². The summed E-state index contributed by atoms with van der Waals surface area (Å²) in [6, 6.07) is 0. The molecule has 114 valence electrons. The Balaban J connectivity index is 1.68. The molecule has 2 aliphatic rings. The van der Waals surface area contributed by atoms with Crippen LogP contribution in [-0.4, -0.2) is 74.6 Å². The molecular weight excluding hydrogens is 258 g/mol. The van der Waals surface area contributed by atoms with E-state index in [1.165, 1.54) is 17.7 Å². The Hall–Kier alpha value is -1.14. The van der Waals surface area contributed by atoms with Gasteiger partial charge in [-0.25, -0.2) is 0 Å². The Morgan fingerprint density at radius 1 is 1.30 bits per heavy atom. The second-order valence-corrected chi connectivity index (χ2v) is 5.64. The van der Waals surface area contributed by atoms with Crippen molar-refractivity contribution in [2.75, 3.05) is 53.0 Å². The minimum Gasteiger partial charge on any atom is -0.379 e. The molecule has 0 spiro atoms. The van der Waals surface area contributed by atoms with Crippen LogP contribution in [-0.2, 0) is 14.3 Å². The molecule has 20 heavy (non-hydrogen) atoms. The van der Waals surface area contributed by atoms with Gasteiger partial charge in [0.15, 0.2) is 0 Å². The first-order valence-electron chi connectivity index (χ1n) is 7.51. The second kappa shape index (κ2) is 7.59. The number of hydrogen-bond acceptors (Lipinski definition) is 4. The first kappa shape index (κ1) is 15.3. The van der Waals surface area contributed by atoms with Crippen LogP contribution in [0.4, 0.5) is 0 Å². The summed E-state index contributed by atoms with van der Waals surface area (Å²) in [5, 5.41) is 3.22. The molecule has 1 saturated carbocycles. The van der Waals surface area contributed by atoms with Gasteiger partial charge < -0.3 is 19.9 Å². The lowest BCUT2D eigenvalue weighted by atomic mass is 10.3. The average Bonchev–Trinajstić information content (AvgIpc) is 3.27. The number of carbonyl (C=O) groups is 2. The molecule has 2 amide bonds. The van der Waals surface area contributed by atoms with Crippen LogP contribution in [0.5, 0.6) is 0 Å². The van der Waals surface area contributed by atoms with Crippen LogP contribution in [0.3, 0.4) is 0 Å². The number of rotatable bonds is 5. The normalized spacial score (nSPS) is 19.6. The highest BCUT2D eigenvalue weighted by Crippen LogP contribution is 2.28. The van der Waals surface area contributed by atoms with Crippen molar-refractivity contribution in [3.63, 3.8) is 0 Å². The number of likely N-dealkylation sites (N-methyl/N-ethyl adjacent to an activating group) is 1. The Morgan fingerprint density at radius 2 is 2.10 bits per heavy atom. The molecule has 0 aromatic heterocycles. The van der Waals surface area contributed by atoms with Gasteiger partial charge >= 0.3 is 11.8 Å². The van der Waals surface area contributed by atoms with Crippen LogP contribution in [0.2, 0.25) is 0 Å². The van der Waals surface area contributed by atoms with Crippen molar-refractivity contribution in [2.24, 2.45) is 5.92 Å². The fourth-order valence-electron chi connectivity index (χ4n) is 2.18. The van der Waals surface area contributed by atoms with E-state index in [1.807, 2.05) is 0 Å².